The minimum Gasteiger partial charge on any atom is -0.315 e. The average Bonchev–Trinajstić information content (AvgIpc) is 2.04. The second-order valence-corrected chi connectivity index (χ2v) is 10.4. The standard InChI is InChI=1S/C8H16N2O8S3/c1-19(11,12)10-6-7(4-9-5-7)8(10,17-20(2,13)14)18-21(3,15)16/h9H,4-6H2,1-3H3. The van der Waals surface area contributed by atoms with Gasteiger partial charge >= 0.3 is 0 Å². The summed E-state index contributed by atoms with van der Waals surface area (Å²) in [6, 6.07) is 0. The molecule has 2 aliphatic rings. The van der Waals surface area contributed by atoms with Gasteiger partial charge in [-0.1, -0.05) is 0 Å². The Morgan fingerprint density at radius 3 is 1.57 bits per heavy atom. The van der Waals surface area contributed by atoms with Crippen LogP contribution >= 0.6 is 0 Å². The summed E-state index contributed by atoms with van der Waals surface area (Å²) in [7, 11) is -12.3. The van der Waals surface area contributed by atoms with E-state index < -0.39 is 41.6 Å². The molecule has 10 nitrogen and oxygen atoms in total. The van der Waals surface area contributed by atoms with Crippen LogP contribution in [0.5, 0.6) is 0 Å². The Bertz CT molecular complexity index is 715. The Labute approximate surface area is 123 Å². The minimum atomic E-state index is -4.18. The van der Waals surface area contributed by atoms with E-state index in [0.29, 0.717) is 16.8 Å². The molecule has 0 aliphatic carbocycles. The second-order valence-electron chi connectivity index (χ2n) is 5.31. The van der Waals surface area contributed by atoms with Crippen LogP contribution in [0.25, 0.3) is 0 Å². The molecule has 0 radical (unpaired) electrons. The van der Waals surface area contributed by atoms with Crippen LogP contribution in [0.15, 0.2) is 0 Å². The van der Waals surface area contributed by atoms with Crippen molar-refractivity contribution in [1.29, 1.82) is 0 Å². The summed E-state index contributed by atoms with van der Waals surface area (Å²) < 4.78 is 79.7. The summed E-state index contributed by atoms with van der Waals surface area (Å²) in [4.78, 5) is 0. The molecule has 2 saturated heterocycles. The number of rotatable bonds is 5. The number of nitrogens with one attached hydrogen (secondary N) is 1. The SMILES string of the molecule is CS(=O)(=O)OC1(OS(C)(=O)=O)N(S(C)(=O)=O)CC12CNC2. The van der Waals surface area contributed by atoms with Crippen molar-refractivity contribution in [3.8, 4) is 0 Å². The fourth-order valence-electron chi connectivity index (χ4n) is 2.43. The van der Waals surface area contributed by atoms with Gasteiger partial charge in [-0.25, -0.2) is 16.8 Å². The van der Waals surface area contributed by atoms with Crippen LogP contribution in [0.3, 0.4) is 0 Å². The first-order chi connectivity index (χ1) is 9.21. The molecule has 13 heteroatoms. The molecule has 2 aliphatic heterocycles. The highest BCUT2D eigenvalue weighted by atomic mass is 32.2. The molecular weight excluding hydrogens is 348 g/mol. The Balaban J connectivity index is 2.57. The van der Waals surface area contributed by atoms with Gasteiger partial charge < -0.3 is 5.32 Å². The molecule has 0 aromatic carbocycles. The zero-order chi connectivity index (χ0) is 16.3. The third-order valence-corrected chi connectivity index (χ3v) is 5.53. The fraction of sp³-hybridized carbons (Fsp3) is 1.00. The zero-order valence-electron chi connectivity index (χ0n) is 11.6. The molecule has 1 N–H and O–H groups in total. The minimum absolute atomic E-state index is 0.0934. The first-order valence-electron chi connectivity index (χ1n) is 5.71. The maximum absolute atomic E-state index is 11.8. The quantitative estimate of drug-likeness (QED) is 0.413. The van der Waals surface area contributed by atoms with E-state index in [-0.39, 0.29) is 19.6 Å². The molecule has 2 heterocycles. The van der Waals surface area contributed by atoms with E-state index in [0.717, 1.165) is 6.26 Å². The first-order valence-corrected chi connectivity index (χ1v) is 11.2. The lowest BCUT2D eigenvalue weighted by atomic mass is 9.71. The van der Waals surface area contributed by atoms with Gasteiger partial charge in [-0.05, 0) is 0 Å². The van der Waals surface area contributed by atoms with Crippen LogP contribution in [0, 0.1) is 5.41 Å². The molecule has 0 atom stereocenters. The van der Waals surface area contributed by atoms with Crippen molar-refractivity contribution in [2.45, 2.75) is 5.91 Å². The third kappa shape index (κ3) is 2.95. The van der Waals surface area contributed by atoms with Crippen LogP contribution in [0.1, 0.15) is 0 Å². The maximum atomic E-state index is 11.8. The zero-order valence-corrected chi connectivity index (χ0v) is 14.0. The number of hydrogen-bond acceptors (Lipinski definition) is 9. The average molecular weight is 364 g/mol. The highest BCUT2D eigenvalue weighted by molar-refractivity contribution is 7.89. The van der Waals surface area contributed by atoms with Crippen molar-refractivity contribution in [3.63, 3.8) is 0 Å². The third-order valence-electron chi connectivity index (χ3n) is 3.30. The largest absolute Gasteiger partial charge is 0.315 e. The van der Waals surface area contributed by atoms with Gasteiger partial charge in [0.2, 0.25) is 10.0 Å². The highest BCUT2D eigenvalue weighted by Crippen LogP contribution is 2.54. The summed E-state index contributed by atoms with van der Waals surface area (Å²) in [5, 5.41) is 2.83. The molecule has 1 spiro atoms. The Kier molecular flexibility index (Phi) is 3.73. The van der Waals surface area contributed by atoms with Gasteiger partial charge in [0, 0.05) is 19.6 Å². The Hall–Kier alpha value is -0.310. The van der Waals surface area contributed by atoms with Gasteiger partial charge in [-0.3, -0.25) is 0 Å². The fourth-order valence-corrected chi connectivity index (χ4v) is 5.18. The maximum Gasteiger partial charge on any atom is 0.284 e. The van der Waals surface area contributed by atoms with Crippen LogP contribution in [0.4, 0.5) is 0 Å². The molecule has 124 valence electrons. The predicted molar refractivity (Wildman–Crippen MR) is 71.4 cm³/mol. The van der Waals surface area contributed by atoms with Crippen molar-refractivity contribution in [2.24, 2.45) is 5.41 Å². The molecule has 0 unspecified atom stereocenters. The van der Waals surface area contributed by atoms with E-state index in [4.69, 9.17) is 8.37 Å². The molecule has 21 heavy (non-hydrogen) atoms. The van der Waals surface area contributed by atoms with Crippen molar-refractivity contribution in [2.75, 3.05) is 38.4 Å². The number of nitrogens with zero attached hydrogens (tertiary/aromatic N) is 1. The van der Waals surface area contributed by atoms with E-state index in [1.807, 2.05) is 0 Å². The van der Waals surface area contributed by atoms with E-state index >= 15 is 0 Å². The van der Waals surface area contributed by atoms with Crippen molar-refractivity contribution in [1.82, 2.24) is 9.62 Å². The lowest BCUT2D eigenvalue weighted by molar-refractivity contribution is -0.344. The van der Waals surface area contributed by atoms with Crippen molar-refractivity contribution >= 4 is 30.3 Å². The van der Waals surface area contributed by atoms with Gasteiger partial charge in [0.15, 0.2) is 0 Å². The summed E-state index contributed by atoms with van der Waals surface area (Å²) in [6.45, 7) is 0.248. The van der Waals surface area contributed by atoms with Crippen LogP contribution < -0.4 is 5.32 Å². The van der Waals surface area contributed by atoms with E-state index in [2.05, 4.69) is 5.32 Å². The first kappa shape index (κ1) is 17.1. The van der Waals surface area contributed by atoms with Crippen molar-refractivity contribution in [3.05, 3.63) is 0 Å². The topological polar surface area (TPSA) is 136 Å². The van der Waals surface area contributed by atoms with Gasteiger partial charge in [0.25, 0.3) is 26.1 Å². The summed E-state index contributed by atoms with van der Waals surface area (Å²) in [6.07, 6.45) is 2.20. The molecular formula is C8H16N2O8S3. The Morgan fingerprint density at radius 1 is 0.905 bits per heavy atom. The normalized spacial score (nSPS) is 25.3. The van der Waals surface area contributed by atoms with E-state index in [1.165, 1.54) is 0 Å². The number of hydrogen-bond donors (Lipinski definition) is 1. The Morgan fingerprint density at radius 2 is 1.33 bits per heavy atom. The molecule has 2 rings (SSSR count). The lowest BCUT2D eigenvalue weighted by Crippen LogP contribution is -2.86. The van der Waals surface area contributed by atoms with Crippen LogP contribution in [-0.2, 0) is 38.6 Å². The molecule has 0 bridgehead atoms. The second kappa shape index (κ2) is 4.59. The van der Waals surface area contributed by atoms with Gasteiger partial charge in [0.05, 0.1) is 24.2 Å². The molecule has 0 amide bonds. The number of sulfonamides is 1. The van der Waals surface area contributed by atoms with Crippen molar-refractivity contribution < 1.29 is 33.6 Å². The summed E-state index contributed by atoms with van der Waals surface area (Å²) in [5.41, 5.74) is -1.07. The van der Waals surface area contributed by atoms with E-state index in [9.17, 15) is 25.3 Å². The van der Waals surface area contributed by atoms with Gasteiger partial charge in [0.1, 0.15) is 0 Å². The van der Waals surface area contributed by atoms with Crippen LogP contribution in [0.2, 0.25) is 0 Å². The molecule has 0 aromatic heterocycles. The van der Waals surface area contributed by atoms with E-state index in [1.54, 1.807) is 0 Å². The van der Waals surface area contributed by atoms with Crippen LogP contribution in [-0.4, -0.2) is 73.9 Å². The predicted octanol–water partition coefficient (Wildman–Crippen LogP) is -2.54. The lowest BCUT2D eigenvalue weighted by Gasteiger charge is -2.64. The molecule has 0 aromatic rings. The molecule has 2 fully saturated rings. The smallest absolute Gasteiger partial charge is 0.284 e. The molecule has 0 saturated carbocycles. The summed E-state index contributed by atoms with van der Waals surface area (Å²) >= 11 is 0. The van der Waals surface area contributed by atoms with Gasteiger partial charge in [-0.15, -0.1) is 4.31 Å². The van der Waals surface area contributed by atoms with Gasteiger partial charge in [-0.2, -0.15) is 16.8 Å². The highest BCUT2D eigenvalue weighted by Gasteiger charge is 2.75. The summed E-state index contributed by atoms with van der Waals surface area (Å²) in [5.74, 6) is -2.41. The monoisotopic (exact) mass is 364 g/mol.